The maximum Gasteiger partial charge on any atom is 0.0992 e. The Hall–Kier alpha value is -2.34. The Morgan fingerprint density at radius 2 is 2.22 bits per heavy atom. The van der Waals surface area contributed by atoms with Gasteiger partial charge >= 0.3 is 0 Å². The lowest BCUT2D eigenvalue weighted by Crippen LogP contribution is -2.06. The van der Waals surface area contributed by atoms with Crippen LogP contribution in [0.2, 0.25) is 0 Å². The van der Waals surface area contributed by atoms with E-state index in [4.69, 9.17) is 5.26 Å². The molecule has 0 bridgehead atoms. The summed E-state index contributed by atoms with van der Waals surface area (Å²) in [6, 6.07) is 11.8. The monoisotopic (exact) mass is 237 g/mol. The van der Waals surface area contributed by atoms with Gasteiger partial charge in [0.1, 0.15) is 0 Å². The second-order valence-electron chi connectivity index (χ2n) is 4.18. The highest BCUT2D eigenvalue weighted by atomic mass is 14.9. The summed E-state index contributed by atoms with van der Waals surface area (Å²) in [4.78, 5) is 4.08. The zero-order chi connectivity index (χ0) is 12.8. The van der Waals surface area contributed by atoms with Crippen LogP contribution < -0.4 is 5.32 Å². The summed E-state index contributed by atoms with van der Waals surface area (Å²) >= 11 is 0. The fourth-order valence-corrected chi connectivity index (χ4v) is 1.77. The largest absolute Gasteiger partial charge is 0.384 e. The average molecular weight is 237 g/mol. The van der Waals surface area contributed by atoms with Crippen molar-refractivity contribution in [1.82, 2.24) is 4.98 Å². The van der Waals surface area contributed by atoms with Gasteiger partial charge in [0.25, 0.3) is 0 Å². The third kappa shape index (κ3) is 3.08. The van der Waals surface area contributed by atoms with Crippen LogP contribution in [0.5, 0.6) is 0 Å². The van der Waals surface area contributed by atoms with Crippen molar-refractivity contribution in [1.29, 1.82) is 5.26 Å². The summed E-state index contributed by atoms with van der Waals surface area (Å²) in [5.74, 6) is 0. The van der Waals surface area contributed by atoms with Gasteiger partial charge in [-0.25, -0.2) is 0 Å². The van der Waals surface area contributed by atoms with Gasteiger partial charge in [-0.1, -0.05) is 12.1 Å². The molecule has 3 heteroatoms. The van der Waals surface area contributed by atoms with Gasteiger partial charge in [-0.15, -0.1) is 0 Å². The summed E-state index contributed by atoms with van der Waals surface area (Å²) in [6.45, 7) is 2.87. The first-order valence-corrected chi connectivity index (χ1v) is 5.93. The molecular formula is C15H15N3. The normalized spacial score (nSPS) is 9.78. The van der Waals surface area contributed by atoms with E-state index >= 15 is 0 Å². The van der Waals surface area contributed by atoms with Crippen molar-refractivity contribution in [2.45, 2.75) is 13.3 Å². The van der Waals surface area contributed by atoms with Crippen molar-refractivity contribution in [3.63, 3.8) is 0 Å². The predicted octanol–water partition coefficient (Wildman–Crippen LogP) is 2.92. The van der Waals surface area contributed by atoms with Crippen LogP contribution in [0.15, 0.2) is 42.7 Å². The molecule has 0 radical (unpaired) electrons. The molecule has 0 aliphatic rings. The zero-order valence-electron chi connectivity index (χ0n) is 10.4. The minimum Gasteiger partial charge on any atom is -0.384 e. The van der Waals surface area contributed by atoms with E-state index < -0.39 is 0 Å². The smallest absolute Gasteiger partial charge is 0.0992 e. The number of hydrogen-bond donors (Lipinski definition) is 1. The predicted molar refractivity (Wildman–Crippen MR) is 72.3 cm³/mol. The third-order valence-electron chi connectivity index (χ3n) is 2.82. The summed E-state index contributed by atoms with van der Waals surface area (Å²) in [7, 11) is 0. The number of nitrogens with zero attached hydrogens (tertiary/aromatic N) is 2. The molecule has 0 saturated heterocycles. The Morgan fingerprint density at radius 1 is 1.33 bits per heavy atom. The molecule has 2 aromatic rings. The maximum absolute atomic E-state index is 8.87. The van der Waals surface area contributed by atoms with Crippen molar-refractivity contribution in [3.05, 3.63) is 59.4 Å². The molecule has 0 aliphatic carbocycles. The Labute approximate surface area is 107 Å². The van der Waals surface area contributed by atoms with Gasteiger partial charge in [0.05, 0.1) is 11.6 Å². The van der Waals surface area contributed by atoms with E-state index in [0.717, 1.165) is 24.2 Å². The average Bonchev–Trinajstić information content (AvgIpc) is 2.42. The van der Waals surface area contributed by atoms with Crippen LogP contribution in [0, 0.1) is 18.3 Å². The molecule has 1 aromatic heterocycles. The first kappa shape index (κ1) is 12.1. The number of pyridine rings is 1. The second-order valence-corrected chi connectivity index (χ2v) is 4.18. The number of benzene rings is 1. The van der Waals surface area contributed by atoms with Crippen LogP contribution in [0.1, 0.15) is 16.7 Å². The maximum atomic E-state index is 8.87. The number of aromatic nitrogens is 1. The van der Waals surface area contributed by atoms with Crippen LogP contribution in [0.4, 0.5) is 5.69 Å². The van der Waals surface area contributed by atoms with E-state index in [2.05, 4.69) is 22.4 Å². The van der Waals surface area contributed by atoms with Crippen molar-refractivity contribution >= 4 is 5.69 Å². The van der Waals surface area contributed by atoms with Crippen LogP contribution >= 0.6 is 0 Å². The molecule has 0 spiro atoms. The first-order chi connectivity index (χ1) is 8.79. The lowest BCUT2D eigenvalue weighted by Gasteiger charge is -2.09. The minimum atomic E-state index is 0.685. The lowest BCUT2D eigenvalue weighted by atomic mass is 10.1. The Balaban J connectivity index is 1.96. The van der Waals surface area contributed by atoms with Crippen molar-refractivity contribution < 1.29 is 0 Å². The van der Waals surface area contributed by atoms with Crippen LogP contribution in [0.3, 0.4) is 0 Å². The first-order valence-electron chi connectivity index (χ1n) is 5.93. The molecule has 0 aliphatic heterocycles. The summed E-state index contributed by atoms with van der Waals surface area (Å²) < 4.78 is 0. The van der Waals surface area contributed by atoms with E-state index in [0.29, 0.717) is 5.56 Å². The quantitative estimate of drug-likeness (QED) is 0.889. The molecule has 0 saturated carbocycles. The highest BCUT2D eigenvalue weighted by Gasteiger charge is 2.00. The molecule has 0 unspecified atom stereocenters. The Morgan fingerprint density at radius 3 is 2.94 bits per heavy atom. The van der Waals surface area contributed by atoms with E-state index in [1.165, 1.54) is 5.56 Å². The molecule has 3 nitrogen and oxygen atoms in total. The Bertz CT molecular complexity index is 556. The molecule has 0 fully saturated rings. The summed E-state index contributed by atoms with van der Waals surface area (Å²) in [5, 5.41) is 12.2. The second kappa shape index (κ2) is 5.83. The molecule has 1 aromatic carbocycles. The van der Waals surface area contributed by atoms with Crippen molar-refractivity contribution in [2.24, 2.45) is 0 Å². The van der Waals surface area contributed by atoms with Crippen LogP contribution in [-0.2, 0) is 6.42 Å². The zero-order valence-corrected chi connectivity index (χ0v) is 10.4. The van der Waals surface area contributed by atoms with Crippen LogP contribution in [0.25, 0.3) is 0 Å². The number of nitriles is 1. The van der Waals surface area contributed by atoms with Gasteiger partial charge in [-0.05, 0) is 42.7 Å². The van der Waals surface area contributed by atoms with E-state index in [9.17, 15) is 0 Å². The SMILES string of the molecule is Cc1ccc(C#N)cc1NCCc1cccnc1. The molecular weight excluding hydrogens is 222 g/mol. The molecule has 0 amide bonds. The topological polar surface area (TPSA) is 48.7 Å². The fourth-order valence-electron chi connectivity index (χ4n) is 1.77. The summed E-state index contributed by atoms with van der Waals surface area (Å²) in [6.07, 6.45) is 4.57. The van der Waals surface area contributed by atoms with Gasteiger partial charge in [0.2, 0.25) is 0 Å². The molecule has 0 atom stereocenters. The van der Waals surface area contributed by atoms with Crippen molar-refractivity contribution in [3.8, 4) is 6.07 Å². The van der Waals surface area contributed by atoms with Gasteiger partial charge in [0, 0.05) is 24.6 Å². The number of aryl methyl sites for hydroxylation is 1. The minimum absolute atomic E-state index is 0.685. The van der Waals surface area contributed by atoms with Gasteiger partial charge < -0.3 is 5.32 Å². The highest BCUT2D eigenvalue weighted by Crippen LogP contribution is 2.16. The number of anilines is 1. The fraction of sp³-hybridized carbons (Fsp3) is 0.200. The van der Waals surface area contributed by atoms with E-state index in [1.54, 1.807) is 6.20 Å². The lowest BCUT2D eigenvalue weighted by molar-refractivity contribution is 1.00. The van der Waals surface area contributed by atoms with Crippen LogP contribution in [-0.4, -0.2) is 11.5 Å². The van der Waals surface area contributed by atoms with E-state index in [-0.39, 0.29) is 0 Å². The van der Waals surface area contributed by atoms with Crippen molar-refractivity contribution in [2.75, 3.05) is 11.9 Å². The van der Waals surface area contributed by atoms with Gasteiger partial charge in [-0.3, -0.25) is 4.98 Å². The standard InChI is InChI=1S/C15H15N3/c1-12-4-5-14(10-16)9-15(12)18-8-6-13-3-2-7-17-11-13/h2-5,7,9,11,18H,6,8H2,1H3. The third-order valence-corrected chi connectivity index (χ3v) is 2.82. The Kier molecular flexibility index (Phi) is 3.93. The molecule has 2 rings (SSSR count). The number of nitrogens with one attached hydrogen (secondary N) is 1. The molecule has 90 valence electrons. The molecule has 18 heavy (non-hydrogen) atoms. The van der Waals surface area contributed by atoms with E-state index in [1.807, 2.05) is 37.4 Å². The highest BCUT2D eigenvalue weighted by molar-refractivity contribution is 5.55. The summed E-state index contributed by atoms with van der Waals surface area (Å²) in [5.41, 5.74) is 4.07. The number of hydrogen-bond acceptors (Lipinski definition) is 3. The number of rotatable bonds is 4. The molecule has 1 heterocycles. The van der Waals surface area contributed by atoms with Gasteiger partial charge in [-0.2, -0.15) is 5.26 Å². The van der Waals surface area contributed by atoms with Gasteiger partial charge in [0.15, 0.2) is 0 Å². The molecule has 1 N–H and O–H groups in total.